The van der Waals surface area contributed by atoms with E-state index in [0.29, 0.717) is 5.92 Å². The lowest BCUT2D eigenvalue weighted by atomic mass is 10.0. The largest absolute Gasteiger partial charge is 0.381 e. The Morgan fingerprint density at radius 2 is 0.473 bits per heavy atom. The minimum Gasteiger partial charge on any atom is -0.381 e. The Kier molecular flexibility index (Phi) is 131. The van der Waals surface area contributed by atoms with E-state index < -0.39 is 0 Å². The molecule has 0 radical (unpaired) electrons. The Morgan fingerprint density at radius 3 is 0.682 bits per heavy atom. The molecule has 3 aromatic carbocycles. The van der Waals surface area contributed by atoms with Gasteiger partial charge < -0.3 is 41.4 Å². The highest BCUT2D eigenvalue weighted by molar-refractivity contribution is 7.18. The van der Waals surface area contributed by atoms with Gasteiger partial charge in [-0.3, -0.25) is 0 Å². The molecule has 0 atom stereocenters. The molecule has 4 aliphatic carbocycles. The quantitative estimate of drug-likeness (QED) is 0.0941. The fraction of sp³-hybridized carbons (Fsp3) is 0.817. The molecule has 6 N–H and O–H groups in total. The van der Waals surface area contributed by atoms with Crippen LogP contribution in [0.5, 0.6) is 0 Å². The summed E-state index contributed by atoms with van der Waals surface area (Å²) in [5, 5.41) is 25.0. The van der Waals surface area contributed by atoms with Crippen molar-refractivity contribution in [3.05, 3.63) is 89.4 Å². The number of para-hydroxylation sites is 1. The maximum atomic E-state index is 5.07. The average Bonchev–Trinajstić information content (AvgIpc) is 1.70. The summed E-state index contributed by atoms with van der Waals surface area (Å²) >= 11 is 4.83. The molecule has 0 spiro atoms. The Morgan fingerprint density at radius 1 is 0.240 bits per heavy atom. The van der Waals surface area contributed by atoms with E-state index in [9.17, 15) is 0 Å². The molecule has 0 bridgehead atoms. The molecule has 6 saturated heterocycles. The predicted molar refractivity (Wildman–Crippen MR) is 603 cm³/mol. The van der Waals surface area contributed by atoms with Crippen molar-refractivity contribution in [3.8, 4) is 0 Å². The minimum absolute atomic E-state index is 0.544. The Hall–Kier alpha value is -2.99. The van der Waals surface area contributed by atoms with E-state index in [1.165, 1.54) is 261 Å². The molecule has 10 aliphatic rings. The molecule has 4 saturated carbocycles. The number of thiazole rings is 1. The van der Waals surface area contributed by atoms with Crippen LogP contribution in [0.3, 0.4) is 0 Å². The first-order valence-electron chi connectivity index (χ1n) is 53.3. The highest BCUT2D eigenvalue weighted by Crippen LogP contribution is 2.27. The summed E-state index contributed by atoms with van der Waals surface area (Å²) in [7, 11) is 0. The number of ether oxygens (including phenoxy) is 2. The van der Waals surface area contributed by atoms with Crippen molar-refractivity contribution in [1.29, 1.82) is 0 Å². The summed E-state index contributed by atoms with van der Waals surface area (Å²) in [6.45, 7) is 100. The number of nitrogens with zero attached hydrogens (tertiary/aromatic N) is 3. The SMILES string of the molecule is C1CC1.C1CCC1.C1CCCC1.C1CCCCC1.C1CCNC1.C1CCNCC1.C1CCOCC1.C1CNC1.C1CNCCN1.C1COCCN1.CC(C)C.CC(C)C.CC(C)C.CC(C)C.CC(C)C.CC(C)C.CC(C)C.CC(C)C.CC(C)C.CC(C)C.CC(C)C.CC(C)C.CC(C)c1nc2ccccc2s1.c1ccc2nscc2c1.c1ccc2sncc2c1. The van der Waals surface area contributed by atoms with Gasteiger partial charge in [0.25, 0.3) is 0 Å². The van der Waals surface area contributed by atoms with E-state index in [4.69, 9.17) is 9.47 Å². The van der Waals surface area contributed by atoms with Crippen LogP contribution < -0.4 is 31.9 Å². The maximum Gasteiger partial charge on any atom is 0.0963 e. The van der Waals surface area contributed by atoms with E-state index in [0.717, 1.165) is 148 Å². The normalized spacial score (nSPS) is 15.3. The molecule has 3 aromatic heterocycles. The van der Waals surface area contributed by atoms with Gasteiger partial charge in [-0.25, -0.2) is 4.98 Å². The summed E-state index contributed by atoms with van der Waals surface area (Å²) in [6.07, 6.45) is 41.2. The van der Waals surface area contributed by atoms with Crippen molar-refractivity contribution in [2.24, 2.45) is 71.0 Å². The van der Waals surface area contributed by atoms with Gasteiger partial charge in [0.15, 0.2) is 0 Å². The fourth-order valence-electron chi connectivity index (χ4n) is 8.36. The van der Waals surface area contributed by atoms with Crippen LogP contribution in [0, 0.1) is 71.0 Å². The number of hydrogen-bond donors (Lipinski definition) is 6. The summed E-state index contributed by atoms with van der Waals surface area (Å²) < 4.78 is 20.8. The van der Waals surface area contributed by atoms with Crippen LogP contribution in [0.2, 0.25) is 0 Å². The van der Waals surface area contributed by atoms with Crippen LogP contribution in [0.1, 0.15) is 447 Å². The number of piperazine rings is 1. The van der Waals surface area contributed by atoms with Gasteiger partial charge in [0, 0.05) is 80.7 Å². The lowest BCUT2D eigenvalue weighted by Gasteiger charge is -2.11. The number of nitrogens with one attached hydrogen (secondary N) is 6. The molecule has 0 amide bonds. The third kappa shape index (κ3) is 178. The molecule has 9 heterocycles. The zero-order valence-electron chi connectivity index (χ0n) is 93.9. The molecule has 14 heteroatoms. The summed E-state index contributed by atoms with van der Waals surface area (Å²) in [6, 6.07) is 24.6. The number of aromatic nitrogens is 3. The van der Waals surface area contributed by atoms with Gasteiger partial charge in [-0.2, -0.15) is 8.75 Å². The van der Waals surface area contributed by atoms with Gasteiger partial charge in [0.2, 0.25) is 0 Å². The van der Waals surface area contributed by atoms with Crippen LogP contribution in [0.15, 0.2) is 84.4 Å². The summed E-state index contributed by atoms with van der Waals surface area (Å²) in [5.41, 5.74) is 2.23. The van der Waals surface area contributed by atoms with Crippen molar-refractivity contribution in [2.45, 2.75) is 442 Å². The Labute approximate surface area is 822 Å². The second-order valence-electron chi connectivity index (χ2n) is 43.0. The van der Waals surface area contributed by atoms with E-state index in [1.54, 1.807) is 11.3 Å². The second kappa shape index (κ2) is 117. The fourth-order valence-corrected chi connectivity index (χ4v) is 10.6. The van der Waals surface area contributed by atoms with E-state index >= 15 is 0 Å². The molecule has 11 nitrogen and oxygen atoms in total. The van der Waals surface area contributed by atoms with Crippen LogP contribution >= 0.6 is 34.4 Å². The van der Waals surface area contributed by atoms with Crippen LogP contribution in [0.4, 0.5) is 0 Å². The highest BCUT2D eigenvalue weighted by atomic mass is 32.1. The maximum absolute atomic E-state index is 5.07. The van der Waals surface area contributed by atoms with Crippen LogP contribution in [-0.4, -0.2) is 119 Å². The van der Waals surface area contributed by atoms with Crippen molar-refractivity contribution >= 4 is 65.6 Å². The summed E-state index contributed by atoms with van der Waals surface area (Å²) in [5.74, 6) is 10.5. The summed E-state index contributed by atoms with van der Waals surface area (Å²) in [4.78, 5) is 4.53. The lowest BCUT2D eigenvalue weighted by Crippen LogP contribution is -2.39. The van der Waals surface area contributed by atoms with Crippen LogP contribution in [0.25, 0.3) is 31.2 Å². The zero-order valence-corrected chi connectivity index (χ0v) is 96.3. The van der Waals surface area contributed by atoms with Gasteiger partial charge in [-0.05, 0) is 209 Å². The predicted octanol–water partition coefficient (Wildman–Crippen LogP) is 36.1. The molecule has 0 unspecified atom stereocenters. The molecule has 6 aromatic rings. The van der Waals surface area contributed by atoms with Gasteiger partial charge in [-0.1, -0.05) is 434 Å². The first kappa shape index (κ1) is 144. The third-order valence-electron chi connectivity index (χ3n) is 14.2. The molecule has 16 rings (SSSR count). The standard InChI is InChI=1S/C10H11NS.2C7H5NS.C6H12.C5H11N.C5H10O.C5H10.C4H10N2.C4H9NO.C4H9N.C4H8.12C4H10.C3H7N.C3H6/c1-7(2)10-11-8-5-3-4-6-9(8)12-10;1-2-4-7-6(3-1)5-9-8-7;1-2-4-7-6(3-1)5-8-9-7;3*1-2-4-6-5-3-1;1-2-4-5-3-1;1-2-6-4-3-5-1;1-3-6-4-2-5-1;1-2-4-5-3-1;1-2-4-3-1;12*1-4(2)3;1-2-4-3-1;1-2-3-1/h3-7H,1-2H3;2*1-5H;1-6H2;6H,1-5H2;1-5H2;1-5H2;5-6H,1-4H2;5H,1-4H2;5H,1-4H2;1-4H2;12*4H,1-3H3;4H,1-3H2;1-3H2. The van der Waals surface area contributed by atoms with Crippen molar-refractivity contribution in [2.75, 3.05) is 105 Å². The van der Waals surface area contributed by atoms with Gasteiger partial charge in [-0.15, -0.1) is 11.3 Å². The number of fused-ring (bicyclic) bond motifs is 3. The monoisotopic (exact) mass is 1870 g/mol. The number of benzene rings is 3. The zero-order chi connectivity index (χ0) is 99.8. The second-order valence-corrected chi connectivity index (χ2v) is 45.5. The number of rotatable bonds is 1. The van der Waals surface area contributed by atoms with Gasteiger partial charge >= 0.3 is 0 Å². The average molecular weight is 1870 g/mol. The van der Waals surface area contributed by atoms with E-state index in [2.05, 4.69) is 351 Å². The Balaban J connectivity index is -0.000000168. The van der Waals surface area contributed by atoms with E-state index in [1.807, 2.05) is 42.6 Å². The Bertz CT molecular complexity index is 2350. The molecular formula is C115H233N9O2S3. The minimum atomic E-state index is 0.544. The third-order valence-corrected chi connectivity index (χ3v) is 17.0. The van der Waals surface area contributed by atoms with Gasteiger partial charge in [0.1, 0.15) is 0 Å². The first-order chi connectivity index (χ1) is 61.0. The first-order valence-corrected chi connectivity index (χ1v) is 55.8. The number of morpholine rings is 1. The van der Waals surface area contributed by atoms with Crippen LogP contribution in [-0.2, 0) is 9.47 Å². The van der Waals surface area contributed by atoms with Crippen molar-refractivity contribution < 1.29 is 9.47 Å². The smallest absolute Gasteiger partial charge is 0.0963 e. The van der Waals surface area contributed by atoms with Crippen molar-refractivity contribution in [1.82, 2.24) is 45.6 Å². The molecule has 10 fully saturated rings. The molecule has 768 valence electrons. The molecular weight excluding hydrogens is 1640 g/mol. The lowest BCUT2D eigenvalue weighted by molar-refractivity contribution is 0.0968. The molecule has 129 heavy (non-hydrogen) atoms. The molecule has 6 aliphatic heterocycles. The highest BCUT2D eigenvalue weighted by Gasteiger charge is 2.06. The van der Waals surface area contributed by atoms with Crippen molar-refractivity contribution in [3.63, 3.8) is 0 Å². The number of hydrogen-bond acceptors (Lipinski definition) is 14. The van der Waals surface area contributed by atoms with E-state index in [-0.39, 0.29) is 0 Å². The van der Waals surface area contributed by atoms with Gasteiger partial charge in [0.05, 0.1) is 38.7 Å². The topological polar surface area (TPSA) is 129 Å². The number of piperidine rings is 1.